The lowest BCUT2D eigenvalue weighted by atomic mass is 9.96. The Morgan fingerprint density at radius 2 is 2.00 bits per heavy atom. The number of hydrogen-bond donors (Lipinski definition) is 0. The zero-order chi connectivity index (χ0) is 14.7. The summed E-state index contributed by atoms with van der Waals surface area (Å²) in [7, 11) is 0. The Bertz CT molecular complexity index is 536. The van der Waals surface area contributed by atoms with Crippen LogP contribution in [0, 0.1) is 5.92 Å². The first-order valence-electron chi connectivity index (χ1n) is 6.78. The summed E-state index contributed by atoms with van der Waals surface area (Å²) in [6.07, 6.45) is 0.281. The summed E-state index contributed by atoms with van der Waals surface area (Å²) in [6, 6.07) is 9.14. The molecule has 0 fully saturated rings. The molecule has 0 aromatic heterocycles. The normalized spacial score (nSPS) is 23.8. The van der Waals surface area contributed by atoms with Gasteiger partial charge in [0.2, 0.25) is 0 Å². The van der Waals surface area contributed by atoms with Crippen LogP contribution in [-0.2, 0) is 20.7 Å². The number of rotatable bonds is 4. The molecule has 0 aliphatic carbocycles. The zero-order valence-corrected chi connectivity index (χ0v) is 12.0. The molecule has 0 N–H and O–H groups in total. The van der Waals surface area contributed by atoms with Crippen molar-refractivity contribution in [3.05, 3.63) is 35.9 Å². The van der Waals surface area contributed by atoms with Gasteiger partial charge in [-0.25, -0.2) is 4.79 Å². The Morgan fingerprint density at radius 1 is 1.35 bits per heavy atom. The zero-order valence-electron chi connectivity index (χ0n) is 12.0. The molecule has 1 aromatic carbocycles. The van der Waals surface area contributed by atoms with Gasteiger partial charge in [0.15, 0.2) is 6.04 Å². The molecule has 0 amide bonds. The minimum Gasteiger partial charge on any atom is -0.454 e. The van der Waals surface area contributed by atoms with Crippen molar-refractivity contribution in [3.63, 3.8) is 0 Å². The highest BCUT2D eigenvalue weighted by atomic mass is 16.5. The number of Topliss-reactive ketones (excluding diaryl/α,β-unsaturated/α-hetero) is 1. The number of ketones is 1. The van der Waals surface area contributed by atoms with Crippen LogP contribution < -0.4 is 0 Å². The van der Waals surface area contributed by atoms with Crippen LogP contribution in [0.3, 0.4) is 0 Å². The van der Waals surface area contributed by atoms with E-state index >= 15 is 0 Å². The summed E-state index contributed by atoms with van der Waals surface area (Å²) in [5.41, 5.74) is 1.87. The van der Waals surface area contributed by atoms with Gasteiger partial charge in [-0.15, -0.1) is 0 Å². The first-order chi connectivity index (χ1) is 9.49. The molecule has 0 bridgehead atoms. The van der Waals surface area contributed by atoms with Crippen molar-refractivity contribution in [1.29, 1.82) is 0 Å². The molecule has 2 rings (SSSR count). The highest BCUT2D eigenvalue weighted by Crippen LogP contribution is 2.20. The lowest BCUT2D eigenvalue weighted by Gasteiger charge is -2.28. The van der Waals surface area contributed by atoms with E-state index in [4.69, 9.17) is 4.74 Å². The van der Waals surface area contributed by atoms with Crippen molar-refractivity contribution in [2.75, 3.05) is 0 Å². The lowest BCUT2D eigenvalue weighted by molar-refractivity contribution is -0.151. The third-order valence-corrected chi connectivity index (χ3v) is 3.69. The van der Waals surface area contributed by atoms with E-state index in [1.54, 1.807) is 6.92 Å². The molecule has 0 saturated heterocycles. The van der Waals surface area contributed by atoms with E-state index in [1.165, 1.54) is 6.92 Å². The Kier molecular flexibility index (Phi) is 4.32. The van der Waals surface area contributed by atoms with Crippen molar-refractivity contribution in [3.8, 4) is 0 Å². The average Bonchev–Trinajstić information content (AvgIpc) is 2.42. The first-order valence-corrected chi connectivity index (χ1v) is 6.78. The van der Waals surface area contributed by atoms with Crippen molar-refractivity contribution in [1.82, 2.24) is 0 Å². The van der Waals surface area contributed by atoms with E-state index in [1.807, 2.05) is 37.3 Å². The molecule has 3 atom stereocenters. The maximum atomic E-state index is 12.0. The number of cyclic esters (lactones) is 1. The van der Waals surface area contributed by atoms with E-state index in [0.717, 1.165) is 11.3 Å². The maximum absolute atomic E-state index is 12.0. The SMILES string of the molecule is CC(=O)[C@H](C)[C@@H]1N=C(C)[C@H](Cc2ccccc2)OC1=O. The fraction of sp³-hybridized carbons (Fsp3) is 0.438. The van der Waals surface area contributed by atoms with E-state index in [0.29, 0.717) is 6.42 Å². The molecule has 106 valence electrons. The van der Waals surface area contributed by atoms with E-state index in [-0.39, 0.29) is 11.9 Å². The van der Waals surface area contributed by atoms with Gasteiger partial charge in [0.25, 0.3) is 0 Å². The second kappa shape index (κ2) is 5.99. The van der Waals surface area contributed by atoms with Gasteiger partial charge in [0.05, 0.1) is 5.71 Å². The average molecular weight is 273 g/mol. The van der Waals surface area contributed by atoms with Crippen LogP contribution in [-0.4, -0.2) is 29.6 Å². The maximum Gasteiger partial charge on any atom is 0.332 e. The second-order valence-electron chi connectivity index (χ2n) is 5.23. The molecule has 0 spiro atoms. The highest BCUT2D eigenvalue weighted by Gasteiger charge is 2.35. The Labute approximate surface area is 118 Å². The van der Waals surface area contributed by atoms with Crippen LogP contribution in [0.25, 0.3) is 0 Å². The summed E-state index contributed by atoms with van der Waals surface area (Å²) in [4.78, 5) is 27.8. The summed E-state index contributed by atoms with van der Waals surface area (Å²) in [6.45, 7) is 5.03. The number of esters is 1. The summed E-state index contributed by atoms with van der Waals surface area (Å²) in [5, 5.41) is 0. The van der Waals surface area contributed by atoms with E-state index < -0.39 is 17.9 Å². The van der Waals surface area contributed by atoms with Crippen molar-refractivity contribution >= 4 is 17.5 Å². The molecule has 0 unspecified atom stereocenters. The molecular formula is C16H19NO3. The Balaban J connectivity index is 2.14. The molecule has 0 saturated carbocycles. The predicted molar refractivity (Wildman–Crippen MR) is 76.8 cm³/mol. The quantitative estimate of drug-likeness (QED) is 0.790. The summed E-state index contributed by atoms with van der Waals surface area (Å²) in [5.74, 6) is -0.889. The third kappa shape index (κ3) is 3.13. The molecule has 0 radical (unpaired) electrons. The fourth-order valence-corrected chi connectivity index (χ4v) is 2.21. The predicted octanol–water partition coefficient (Wildman–Crippen LogP) is 2.21. The van der Waals surface area contributed by atoms with Gasteiger partial charge in [-0.05, 0) is 19.4 Å². The highest BCUT2D eigenvalue weighted by molar-refractivity contribution is 5.97. The van der Waals surface area contributed by atoms with Gasteiger partial charge in [-0.1, -0.05) is 37.3 Å². The fourth-order valence-electron chi connectivity index (χ4n) is 2.21. The largest absolute Gasteiger partial charge is 0.454 e. The summed E-state index contributed by atoms with van der Waals surface area (Å²) < 4.78 is 5.46. The van der Waals surface area contributed by atoms with Gasteiger partial charge in [0.1, 0.15) is 11.9 Å². The monoisotopic (exact) mass is 273 g/mol. The molecule has 4 nitrogen and oxygen atoms in total. The second-order valence-corrected chi connectivity index (χ2v) is 5.23. The minimum atomic E-state index is -0.695. The molecule has 4 heteroatoms. The number of nitrogens with zero attached hydrogens (tertiary/aromatic N) is 1. The number of benzene rings is 1. The molecule has 20 heavy (non-hydrogen) atoms. The standard InChI is InChI=1S/C16H19NO3/c1-10(12(3)18)15-16(19)20-14(11(2)17-15)9-13-7-5-4-6-8-13/h4-8,10,14-15H,9H2,1-3H3/t10-,14-,15-/m0/s1. The molecule has 1 aromatic rings. The number of ether oxygens (including phenoxy) is 1. The van der Waals surface area contributed by atoms with E-state index in [9.17, 15) is 9.59 Å². The minimum absolute atomic E-state index is 0.0509. The smallest absolute Gasteiger partial charge is 0.332 e. The first kappa shape index (κ1) is 14.4. The number of hydrogen-bond acceptors (Lipinski definition) is 4. The lowest BCUT2D eigenvalue weighted by Crippen LogP contribution is -2.43. The topological polar surface area (TPSA) is 55.7 Å². The van der Waals surface area contributed by atoms with Crippen molar-refractivity contribution < 1.29 is 14.3 Å². The number of carbonyl (C=O) groups excluding carboxylic acids is 2. The van der Waals surface area contributed by atoms with Crippen LogP contribution in [0.4, 0.5) is 0 Å². The van der Waals surface area contributed by atoms with Gasteiger partial charge in [-0.3, -0.25) is 9.79 Å². The molecule has 1 aliphatic rings. The van der Waals surface area contributed by atoms with Crippen molar-refractivity contribution in [2.45, 2.75) is 39.3 Å². The summed E-state index contributed by atoms with van der Waals surface area (Å²) >= 11 is 0. The van der Waals surface area contributed by atoms with Crippen LogP contribution >= 0.6 is 0 Å². The Morgan fingerprint density at radius 3 is 2.60 bits per heavy atom. The third-order valence-electron chi connectivity index (χ3n) is 3.69. The van der Waals surface area contributed by atoms with Gasteiger partial charge in [-0.2, -0.15) is 0 Å². The van der Waals surface area contributed by atoms with Gasteiger partial charge >= 0.3 is 5.97 Å². The van der Waals surface area contributed by atoms with Crippen molar-refractivity contribution in [2.24, 2.45) is 10.9 Å². The van der Waals surface area contributed by atoms with Crippen LogP contribution in [0.5, 0.6) is 0 Å². The van der Waals surface area contributed by atoms with Crippen LogP contribution in [0.2, 0.25) is 0 Å². The molecule has 1 heterocycles. The molecule has 1 aliphatic heterocycles. The van der Waals surface area contributed by atoms with Crippen LogP contribution in [0.15, 0.2) is 35.3 Å². The molecular weight excluding hydrogens is 254 g/mol. The Hall–Kier alpha value is -1.97. The number of carbonyl (C=O) groups is 2. The van der Waals surface area contributed by atoms with Crippen LogP contribution in [0.1, 0.15) is 26.3 Å². The van der Waals surface area contributed by atoms with Gasteiger partial charge in [0, 0.05) is 12.3 Å². The van der Waals surface area contributed by atoms with E-state index in [2.05, 4.69) is 4.99 Å². The van der Waals surface area contributed by atoms with Gasteiger partial charge < -0.3 is 4.74 Å². The number of aliphatic imine (C=N–C) groups is 1.